The summed E-state index contributed by atoms with van der Waals surface area (Å²) in [5.74, 6) is -1.73. The van der Waals surface area contributed by atoms with Crippen molar-refractivity contribution in [2.75, 3.05) is 18.1 Å². The van der Waals surface area contributed by atoms with Gasteiger partial charge >= 0.3 is 0 Å². The van der Waals surface area contributed by atoms with Gasteiger partial charge in [-0.2, -0.15) is 0 Å². The second kappa shape index (κ2) is 9.05. The van der Waals surface area contributed by atoms with E-state index in [4.69, 9.17) is 9.47 Å². The normalized spacial score (nSPS) is 14.1. The molecule has 2 aromatic carbocycles. The third kappa shape index (κ3) is 5.01. The highest BCUT2D eigenvalue weighted by atomic mass is 19.1. The molecule has 3 amide bonds. The Bertz CT molecular complexity index is 920. The van der Waals surface area contributed by atoms with E-state index >= 15 is 0 Å². The van der Waals surface area contributed by atoms with E-state index in [1.54, 1.807) is 30.3 Å². The highest BCUT2D eigenvalue weighted by molar-refractivity contribution is 6.00. The van der Waals surface area contributed by atoms with Crippen LogP contribution in [0, 0.1) is 5.82 Å². The minimum absolute atomic E-state index is 0.0757. The van der Waals surface area contributed by atoms with E-state index < -0.39 is 23.7 Å². The number of hydrazine groups is 1. The molecule has 152 valence electrons. The van der Waals surface area contributed by atoms with Gasteiger partial charge in [0.15, 0.2) is 17.7 Å². The summed E-state index contributed by atoms with van der Waals surface area (Å²) >= 11 is 0. The molecule has 0 bridgehead atoms. The molecule has 9 heteroatoms. The summed E-state index contributed by atoms with van der Waals surface area (Å²) in [5.41, 5.74) is 4.93. The number of fused-ring (bicyclic) bond motifs is 1. The molecule has 0 saturated heterocycles. The Balaban J connectivity index is 1.56. The second-order valence-corrected chi connectivity index (χ2v) is 6.27. The third-order valence-corrected chi connectivity index (χ3v) is 4.17. The van der Waals surface area contributed by atoms with E-state index in [-0.39, 0.29) is 31.2 Å². The minimum atomic E-state index is -1.05. The van der Waals surface area contributed by atoms with Gasteiger partial charge in [0.2, 0.25) is 5.91 Å². The van der Waals surface area contributed by atoms with Crippen molar-refractivity contribution in [2.24, 2.45) is 0 Å². The number of rotatable bonds is 5. The fraction of sp³-hybridized carbons (Fsp3) is 0.250. The standard InChI is InChI=1S/C20H20FN3O5/c1-13(29-16-8-4-2-6-14(16)21)20(27)23-22-18(25)12-24-15-7-3-5-9-17(15)28-11-10-19(24)26/h2-9,13H,10-12H2,1H3,(H,22,25)(H,23,27)/t13-/m0/s1. The van der Waals surface area contributed by atoms with E-state index in [0.717, 1.165) is 0 Å². The Kier molecular flexibility index (Phi) is 6.28. The summed E-state index contributed by atoms with van der Waals surface area (Å²) in [6, 6.07) is 12.6. The number of anilines is 1. The van der Waals surface area contributed by atoms with Gasteiger partial charge in [0.1, 0.15) is 12.3 Å². The predicted octanol–water partition coefficient (Wildman–Crippen LogP) is 1.56. The maximum Gasteiger partial charge on any atom is 0.279 e. The van der Waals surface area contributed by atoms with Gasteiger partial charge in [-0.25, -0.2) is 4.39 Å². The zero-order valence-corrected chi connectivity index (χ0v) is 15.7. The van der Waals surface area contributed by atoms with Crippen LogP contribution in [-0.4, -0.2) is 37.0 Å². The molecule has 1 aliphatic rings. The van der Waals surface area contributed by atoms with Gasteiger partial charge in [-0.15, -0.1) is 0 Å². The van der Waals surface area contributed by atoms with Crippen molar-refractivity contribution in [3.8, 4) is 11.5 Å². The first-order valence-electron chi connectivity index (χ1n) is 8.98. The van der Waals surface area contributed by atoms with E-state index in [1.165, 1.54) is 30.0 Å². The molecule has 0 radical (unpaired) electrons. The largest absolute Gasteiger partial charge is 0.491 e. The zero-order chi connectivity index (χ0) is 20.8. The van der Waals surface area contributed by atoms with Gasteiger partial charge in [0.05, 0.1) is 18.7 Å². The summed E-state index contributed by atoms with van der Waals surface area (Å²) in [7, 11) is 0. The maximum atomic E-state index is 13.6. The van der Waals surface area contributed by atoms with E-state index in [1.807, 2.05) is 0 Å². The topological polar surface area (TPSA) is 97.0 Å². The number of nitrogens with one attached hydrogen (secondary N) is 2. The molecule has 1 atom stereocenters. The highest BCUT2D eigenvalue weighted by Crippen LogP contribution is 2.30. The van der Waals surface area contributed by atoms with Crippen molar-refractivity contribution in [2.45, 2.75) is 19.4 Å². The molecule has 0 spiro atoms. The van der Waals surface area contributed by atoms with Gasteiger partial charge in [-0.3, -0.25) is 30.1 Å². The van der Waals surface area contributed by atoms with Crippen LogP contribution in [0.15, 0.2) is 48.5 Å². The Morgan fingerprint density at radius 3 is 2.69 bits per heavy atom. The van der Waals surface area contributed by atoms with Crippen LogP contribution in [-0.2, 0) is 14.4 Å². The Hall–Kier alpha value is -3.62. The van der Waals surface area contributed by atoms with E-state index in [0.29, 0.717) is 11.4 Å². The number of nitrogens with zero attached hydrogens (tertiary/aromatic N) is 1. The predicted molar refractivity (Wildman–Crippen MR) is 102 cm³/mol. The SMILES string of the molecule is C[C@H](Oc1ccccc1F)C(=O)NNC(=O)CN1C(=O)CCOc2ccccc21. The molecule has 1 aliphatic heterocycles. The average molecular weight is 401 g/mol. The van der Waals surface area contributed by atoms with Crippen LogP contribution in [0.3, 0.4) is 0 Å². The van der Waals surface area contributed by atoms with Gasteiger partial charge in [0, 0.05) is 0 Å². The maximum absolute atomic E-state index is 13.6. The fourth-order valence-corrected chi connectivity index (χ4v) is 2.69. The molecule has 0 fully saturated rings. The summed E-state index contributed by atoms with van der Waals surface area (Å²) in [6.07, 6.45) is -0.928. The molecular weight excluding hydrogens is 381 g/mol. The van der Waals surface area contributed by atoms with Crippen LogP contribution in [0.5, 0.6) is 11.5 Å². The zero-order valence-electron chi connectivity index (χ0n) is 15.7. The second-order valence-electron chi connectivity index (χ2n) is 6.27. The first-order valence-corrected chi connectivity index (χ1v) is 8.98. The highest BCUT2D eigenvalue weighted by Gasteiger charge is 2.25. The molecule has 29 heavy (non-hydrogen) atoms. The number of para-hydroxylation sites is 3. The van der Waals surface area contributed by atoms with Crippen LogP contribution < -0.4 is 25.2 Å². The summed E-state index contributed by atoms with van der Waals surface area (Å²) in [6.45, 7) is 1.33. The number of carbonyl (C=O) groups excluding carboxylic acids is 3. The minimum Gasteiger partial charge on any atom is -0.491 e. The summed E-state index contributed by atoms with van der Waals surface area (Å²) in [5, 5.41) is 0. The third-order valence-electron chi connectivity index (χ3n) is 4.17. The number of hydrogen-bond acceptors (Lipinski definition) is 5. The Morgan fingerprint density at radius 1 is 1.17 bits per heavy atom. The van der Waals surface area contributed by atoms with Crippen molar-refractivity contribution in [3.05, 3.63) is 54.3 Å². The van der Waals surface area contributed by atoms with Gasteiger partial charge < -0.3 is 9.47 Å². The average Bonchev–Trinajstić information content (AvgIpc) is 2.87. The van der Waals surface area contributed by atoms with Crippen LogP contribution in [0.1, 0.15) is 13.3 Å². The lowest BCUT2D eigenvalue weighted by molar-refractivity contribution is -0.132. The lowest BCUT2D eigenvalue weighted by Crippen LogP contribution is -2.50. The quantitative estimate of drug-likeness (QED) is 0.741. The van der Waals surface area contributed by atoms with Crippen molar-refractivity contribution in [3.63, 3.8) is 0 Å². The van der Waals surface area contributed by atoms with Crippen molar-refractivity contribution in [1.82, 2.24) is 10.9 Å². The molecule has 2 aromatic rings. The number of halogens is 1. The van der Waals surface area contributed by atoms with Gasteiger partial charge in [0.25, 0.3) is 11.8 Å². The molecule has 0 aromatic heterocycles. The first-order chi connectivity index (χ1) is 14.0. The van der Waals surface area contributed by atoms with E-state index in [2.05, 4.69) is 10.9 Å². The smallest absolute Gasteiger partial charge is 0.279 e. The summed E-state index contributed by atoms with van der Waals surface area (Å²) in [4.78, 5) is 38.0. The van der Waals surface area contributed by atoms with Crippen LogP contribution in [0.25, 0.3) is 0 Å². The van der Waals surface area contributed by atoms with Crippen molar-refractivity contribution >= 4 is 23.4 Å². The Labute approximate surface area is 166 Å². The summed E-state index contributed by atoms with van der Waals surface area (Å²) < 4.78 is 24.4. The molecule has 2 N–H and O–H groups in total. The van der Waals surface area contributed by atoms with Crippen molar-refractivity contribution < 1.29 is 28.2 Å². The van der Waals surface area contributed by atoms with E-state index in [9.17, 15) is 18.8 Å². The number of hydrogen-bond donors (Lipinski definition) is 2. The van der Waals surface area contributed by atoms with Crippen LogP contribution in [0.2, 0.25) is 0 Å². The molecule has 8 nitrogen and oxygen atoms in total. The lowest BCUT2D eigenvalue weighted by Gasteiger charge is -2.21. The molecule has 1 heterocycles. The van der Waals surface area contributed by atoms with Crippen LogP contribution >= 0.6 is 0 Å². The number of ether oxygens (including phenoxy) is 2. The molecule has 3 rings (SSSR count). The van der Waals surface area contributed by atoms with Crippen LogP contribution in [0.4, 0.5) is 10.1 Å². The molecular formula is C20H20FN3O5. The molecule has 0 aliphatic carbocycles. The Morgan fingerprint density at radius 2 is 1.90 bits per heavy atom. The molecule has 0 unspecified atom stereocenters. The number of carbonyl (C=O) groups is 3. The monoisotopic (exact) mass is 401 g/mol. The first kappa shape index (κ1) is 20.1. The van der Waals surface area contributed by atoms with Gasteiger partial charge in [-0.05, 0) is 31.2 Å². The number of amides is 3. The lowest BCUT2D eigenvalue weighted by atomic mass is 10.2. The fourth-order valence-electron chi connectivity index (χ4n) is 2.69. The molecule has 0 saturated carbocycles. The van der Waals surface area contributed by atoms with Gasteiger partial charge in [-0.1, -0.05) is 24.3 Å². The number of benzene rings is 2. The van der Waals surface area contributed by atoms with Crippen molar-refractivity contribution in [1.29, 1.82) is 0 Å².